The number of halogens is 1. The van der Waals surface area contributed by atoms with Gasteiger partial charge in [-0.25, -0.2) is 4.98 Å². The van der Waals surface area contributed by atoms with Crippen molar-refractivity contribution in [3.8, 4) is 0 Å². The molecule has 1 aromatic heterocycles. The molecular formula is C26H38ClNO7. The Balaban J connectivity index is 1.90. The van der Waals surface area contributed by atoms with E-state index in [4.69, 9.17) is 25.5 Å². The zero-order valence-electron chi connectivity index (χ0n) is 21.5. The number of cyclic esters (lactones) is 1. The van der Waals surface area contributed by atoms with Gasteiger partial charge in [0.15, 0.2) is 18.1 Å². The smallest absolute Gasteiger partial charge is 0.306 e. The lowest BCUT2D eigenvalue weighted by Gasteiger charge is -2.29. The van der Waals surface area contributed by atoms with Crippen molar-refractivity contribution in [1.82, 2.24) is 4.98 Å². The lowest BCUT2D eigenvalue weighted by atomic mass is 9.75. The summed E-state index contributed by atoms with van der Waals surface area (Å²) in [5, 5.41) is 22.3. The number of ether oxygens (including phenoxy) is 2. The Kier molecular flexibility index (Phi) is 8.21. The van der Waals surface area contributed by atoms with E-state index < -0.39 is 35.0 Å². The third-order valence-corrected chi connectivity index (χ3v) is 7.74. The highest BCUT2D eigenvalue weighted by Crippen LogP contribution is 2.53. The summed E-state index contributed by atoms with van der Waals surface area (Å²) >= 11 is 6.49. The monoisotopic (exact) mass is 511 g/mol. The number of aliphatic hydroxyl groups excluding tert-OH is 1. The van der Waals surface area contributed by atoms with E-state index >= 15 is 0 Å². The first-order valence-electron chi connectivity index (χ1n) is 12.3. The van der Waals surface area contributed by atoms with Crippen LogP contribution in [0, 0.1) is 24.2 Å². The fraction of sp³-hybridized carbons (Fsp3) is 0.731. The SMILES string of the molecule is Cc1nc(C=C(Cl)C2OC(=O)CCC(C)(C)C(=O)C(C)CC(C)CCCC3(C)OC3(O)C2O)co1. The molecule has 0 amide bonds. The summed E-state index contributed by atoms with van der Waals surface area (Å²) in [6.45, 7) is 11.1. The number of nitrogens with zero attached hydrogens (tertiary/aromatic N) is 1. The first kappa shape index (κ1) is 27.8. The molecule has 2 saturated heterocycles. The average Bonchev–Trinajstić information content (AvgIpc) is 3.09. The first-order valence-corrected chi connectivity index (χ1v) is 12.7. The maximum Gasteiger partial charge on any atom is 0.306 e. The predicted molar refractivity (Wildman–Crippen MR) is 130 cm³/mol. The van der Waals surface area contributed by atoms with Gasteiger partial charge in [0.05, 0.1) is 5.03 Å². The van der Waals surface area contributed by atoms with Crippen LogP contribution in [0.15, 0.2) is 15.7 Å². The van der Waals surface area contributed by atoms with Gasteiger partial charge in [-0.1, -0.05) is 52.1 Å². The van der Waals surface area contributed by atoms with Gasteiger partial charge in [0, 0.05) is 24.7 Å². The summed E-state index contributed by atoms with van der Waals surface area (Å²) in [6.07, 6.45) is 2.84. The predicted octanol–water partition coefficient (Wildman–Crippen LogP) is 4.53. The number of Topliss-reactive ketones (excluding diaryl/α,β-unsaturated/α-hetero) is 1. The molecule has 0 bridgehead atoms. The number of esters is 1. The van der Waals surface area contributed by atoms with Crippen LogP contribution in [0.5, 0.6) is 0 Å². The fourth-order valence-electron chi connectivity index (χ4n) is 5.09. The molecule has 2 N–H and O–H groups in total. The van der Waals surface area contributed by atoms with E-state index in [0.29, 0.717) is 23.9 Å². The minimum Gasteiger partial charge on any atom is -0.454 e. The first-order chi connectivity index (χ1) is 16.2. The van der Waals surface area contributed by atoms with Crippen LogP contribution in [0.3, 0.4) is 0 Å². The van der Waals surface area contributed by atoms with Gasteiger partial charge >= 0.3 is 5.97 Å². The van der Waals surface area contributed by atoms with Gasteiger partial charge < -0.3 is 24.1 Å². The third kappa shape index (κ3) is 6.16. The third-order valence-electron chi connectivity index (χ3n) is 7.41. The van der Waals surface area contributed by atoms with Crippen molar-refractivity contribution in [3.05, 3.63) is 22.9 Å². The number of hydrogen-bond acceptors (Lipinski definition) is 8. The molecular weight excluding hydrogens is 474 g/mol. The van der Waals surface area contributed by atoms with Crippen LogP contribution >= 0.6 is 11.6 Å². The molecule has 1 aromatic rings. The standard InChI is InChI=1S/C26H38ClNO7/c1-15-8-7-10-25(6)26(32,35-25)23(31)21(19(27)13-18-14-33-17(3)28-18)34-20(29)9-11-24(4,5)22(30)16(2)12-15/h13-16,21,23,31-32H,7-12H2,1-6H3. The van der Waals surface area contributed by atoms with Crippen LogP contribution in [0.25, 0.3) is 6.08 Å². The highest BCUT2D eigenvalue weighted by Gasteiger charge is 2.72. The summed E-state index contributed by atoms with van der Waals surface area (Å²) in [6, 6.07) is 0. The van der Waals surface area contributed by atoms with Crippen LogP contribution < -0.4 is 0 Å². The summed E-state index contributed by atoms with van der Waals surface area (Å²) in [5.74, 6) is -1.85. The van der Waals surface area contributed by atoms with Crippen molar-refractivity contribution in [2.24, 2.45) is 17.3 Å². The van der Waals surface area contributed by atoms with Gasteiger partial charge in [-0.3, -0.25) is 9.59 Å². The summed E-state index contributed by atoms with van der Waals surface area (Å²) in [5.41, 5.74) is -1.35. The van der Waals surface area contributed by atoms with E-state index in [1.807, 2.05) is 20.8 Å². The van der Waals surface area contributed by atoms with Gasteiger partial charge in [0.1, 0.15) is 23.3 Å². The van der Waals surface area contributed by atoms with Gasteiger partial charge in [-0.05, 0) is 38.2 Å². The van der Waals surface area contributed by atoms with Gasteiger partial charge in [-0.2, -0.15) is 0 Å². The molecule has 3 heterocycles. The Hall–Kier alpha value is -1.74. The molecule has 2 aliphatic heterocycles. The molecule has 9 heteroatoms. The average molecular weight is 512 g/mol. The van der Waals surface area contributed by atoms with Crippen molar-refractivity contribution < 1.29 is 33.7 Å². The molecule has 0 spiro atoms. The second-order valence-electron chi connectivity index (χ2n) is 11.1. The van der Waals surface area contributed by atoms with E-state index in [9.17, 15) is 19.8 Å². The van der Waals surface area contributed by atoms with E-state index in [1.165, 1.54) is 12.3 Å². The van der Waals surface area contributed by atoms with Crippen molar-refractivity contribution in [3.63, 3.8) is 0 Å². The van der Waals surface area contributed by atoms with Gasteiger partial charge in [0.2, 0.25) is 5.79 Å². The second-order valence-corrected chi connectivity index (χ2v) is 11.5. The Morgan fingerprint density at radius 1 is 1.23 bits per heavy atom. The van der Waals surface area contributed by atoms with Gasteiger partial charge in [0.25, 0.3) is 0 Å². The molecule has 0 saturated carbocycles. The Bertz CT molecular complexity index is 973. The number of carbonyl (C=O) groups excluding carboxylic acids is 2. The van der Waals surface area contributed by atoms with Crippen molar-refractivity contribution in [2.45, 2.75) is 104 Å². The summed E-state index contributed by atoms with van der Waals surface area (Å²) in [7, 11) is 0. The van der Waals surface area contributed by atoms with Crippen LogP contribution in [0.2, 0.25) is 0 Å². The molecule has 196 valence electrons. The molecule has 6 atom stereocenters. The molecule has 3 rings (SSSR count). The largest absolute Gasteiger partial charge is 0.454 e. The topological polar surface area (TPSA) is 122 Å². The van der Waals surface area contributed by atoms with Crippen molar-refractivity contribution in [2.75, 3.05) is 0 Å². The summed E-state index contributed by atoms with van der Waals surface area (Å²) < 4.78 is 16.4. The lowest BCUT2D eigenvalue weighted by Crippen LogP contribution is -2.46. The highest BCUT2D eigenvalue weighted by molar-refractivity contribution is 6.32. The Morgan fingerprint density at radius 3 is 2.54 bits per heavy atom. The molecule has 2 fully saturated rings. The second kappa shape index (κ2) is 10.3. The Morgan fingerprint density at radius 2 is 1.91 bits per heavy atom. The van der Waals surface area contributed by atoms with Crippen molar-refractivity contribution >= 4 is 29.4 Å². The molecule has 0 aromatic carbocycles. The molecule has 6 unspecified atom stereocenters. The van der Waals surface area contributed by atoms with Crippen LogP contribution in [-0.2, 0) is 19.1 Å². The number of epoxide rings is 1. The van der Waals surface area contributed by atoms with Crippen molar-refractivity contribution in [1.29, 1.82) is 0 Å². The highest BCUT2D eigenvalue weighted by atomic mass is 35.5. The Labute approximate surface area is 212 Å². The lowest BCUT2D eigenvalue weighted by molar-refractivity contribution is -0.164. The zero-order chi connectivity index (χ0) is 26.2. The number of oxazole rings is 1. The van der Waals surface area contributed by atoms with Gasteiger partial charge in [-0.15, -0.1) is 0 Å². The maximum absolute atomic E-state index is 13.1. The van der Waals surface area contributed by atoms with Crippen LogP contribution in [0.4, 0.5) is 0 Å². The number of hydrogen-bond donors (Lipinski definition) is 2. The minimum absolute atomic E-state index is 0.0378. The van der Waals surface area contributed by atoms with Crippen LogP contribution in [0.1, 0.15) is 84.7 Å². The molecule has 0 aliphatic carbocycles. The fourth-order valence-corrected chi connectivity index (χ4v) is 5.37. The van der Waals surface area contributed by atoms with E-state index in [2.05, 4.69) is 11.9 Å². The quantitative estimate of drug-likeness (QED) is 0.438. The zero-order valence-corrected chi connectivity index (χ0v) is 22.2. The molecule has 0 radical (unpaired) electrons. The van der Waals surface area contributed by atoms with E-state index in [-0.39, 0.29) is 29.6 Å². The molecule has 2 aliphatic rings. The molecule has 35 heavy (non-hydrogen) atoms. The number of aromatic nitrogens is 1. The van der Waals surface area contributed by atoms with E-state index in [0.717, 1.165) is 19.3 Å². The number of carbonyl (C=O) groups is 2. The molecule has 8 nitrogen and oxygen atoms in total. The number of aliphatic hydroxyl groups is 2. The minimum atomic E-state index is -1.92. The number of aryl methyl sites for hydroxylation is 1. The summed E-state index contributed by atoms with van der Waals surface area (Å²) in [4.78, 5) is 30.1. The number of rotatable bonds is 2. The normalized spacial score (nSPS) is 37.5. The van der Waals surface area contributed by atoms with E-state index in [1.54, 1.807) is 13.8 Å². The maximum atomic E-state index is 13.1. The number of fused-ring (bicyclic) bond motifs is 1. The number of ketones is 1. The van der Waals surface area contributed by atoms with Crippen LogP contribution in [-0.4, -0.2) is 50.5 Å².